The fraction of sp³-hybridized carbons (Fsp3) is 0.796. The van der Waals surface area contributed by atoms with Crippen molar-refractivity contribution in [3.8, 4) is 0 Å². The average molecular weight is 754 g/mol. The quantitative estimate of drug-likeness (QED) is 0.0397. The van der Waals surface area contributed by atoms with Crippen molar-refractivity contribution in [2.24, 2.45) is 0 Å². The summed E-state index contributed by atoms with van der Waals surface area (Å²) in [5.74, 6) is -0.539. The third-order valence-corrected chi connectivity index (χ3v) is 11.0. The summed E-state index contributed by atoms with van der Waals surface area (Å²) in [4.78, 5) is 25.8. The predicted octanol–water partition coefficient (Wildman–Crippen LogP) is 14.5. The molecular weight excluding hydrogens is 667 g/mol. The molecule has 0 bridgehead atoms. The van der Waals surface area contributed by atoms with E-state index in [0.717, 1.165) is 32.1 Å². The molecule has 5 nitrogen and oxygen atoms in total. The summed E-state index contributed by atoms with van der Waals surface area (Å²) in [7, 11) is 0. The van der Waals surface area contributed by atoms with Crippen LogP contribution >= 0.6 is 0 Å². The van der Waals surface area contributed by atoms with E-state index in [0.29, 0.717) is 12.0 Å². The number of rotatable bonds is 40. The van der Waals surface area contributed by atoms with Crippen molar-refractivity contribution >= 4 is 11.9 Å². The highest BCUT2D eigenvalue weighted by Gasteiger charge is 2.25. The molecule has 0 saturated heterocycles. The van der Waals surface area contributed by atoms with Gasteiger partial charge in [-0.3, -0.25) is 4.79 Å². The van der Waals surface area contributed by atoms with Gasteiger partial charge >= 0.3 is 5.97 Å². The van der Waals surface area contributed by atoms with Crippen LogP contribution in [0.3, 0.4) is 0 Å². The lowest BCUT2D eigenvalue weighted by Gasteiger charge is -2.24. The van der Waals surface area contributed by atoms with Gasteiger partial charge in [-0.15, -0.1) is 0 Å². The molecule has 0 radical (unpaired) electrons. The lowest BCUT2D eigenvalue weighted by atomic mass is 10.0. The molecule has 2 atom stereocenters. The lowest BCUT2D eigenvalue weighted by molar-refractivity contribution is -0.123. The molecule has 1 amide bonds. The SMILES string of the molecule is CCCCCCCCCCCCC/C=C/[C@@H](OC(=O)c1ccccc1)[C@H](CO)NC(=O)CCCCCCCCCCCCCCCCCCCCCCC. The van der Waals surface area contributed by atoms with Gasteiger partial charge in [0.2, 0.25) is 5.91 Å². The minimum Gasteiger partial charge on any atom is -0.452 e. The number of benzene rings is 1. The van der Waals surface area contributed by atoms with E-state index in [2.05, 4.69) is 19.2 Å². The molecular formula is C49H87NO4. The predicted molar refractivity (Wildman–Crippen MR) is 232 cm³/mol. The number of allylic oxidation sites excluding steroid dienone is 1. The first-order valence-electron chi connectivity index (χ1n) is 23.4. The van der Waals surface area contributed by atoms with Crippen molar-refractivity contribution in [3.63, 3.8) is 0 Å². The molecule has 0 heterocycles. The first-order chi connectivity index (χ1) is 26.6. The van der Waals surface area contributed by atoms with Gasteiger partial charge in [0, 0.05) is 6.42 Å². The van der Waals surface area contributed by atoms with E-state index in [4.69, 9.17) is 4.74 Å². The number of hydrogen-bond acceptors (Lipinski definition) is 4. The summed E-state index contributed by atoms with van der Waals surface area (Å²) in [6.07, 6.45) is 46.9. The molecule has 0 fully saturated rings. The smallest absolute Gasteiger partial charge is 0.338 e. The van der Waals surface area contributed by atoms with Gasteiger partial charge in [0.05, 0.1) is 18.2 Å². The Kier molecular flexibility index (Phi) is 36.1. The van der Waals surface area contributed by atoms with Gasteiger partial charge < -0.3 is 15.2 Å². The number of esters is 1. The number of aliphatic hydroxyl groups is 1. The molecule has 5 heteroatoms. The van der Waals surface area contributed by atoms with E-state index in [1.165, 1.54) is 180 Å². The Morgan fingerprint density at radius 3 is 1.31 bits per heavy atom. The van der Waals surface area contributed by atoms with Crippen molar-refractivity contribution in [2.75, 3.05) is 6.61 Å². The first-order valence-corrected chi connectivity index (χ1v) is 23.4. The second-order valence-electron chi connectivity index (χ2n) is 16.2. The molecule has 1 rings (SSSR count). The van der Waals surface area contributed by atoms with Crippen molar-refractivity contribution in [3.05, 3.63) is 48.0 Å². The van der Waals surface area contributed by atoms with E-state index in [-0.39, 0.29) is 12.5 Å². The van der Waals surface area contributed by atoms with Gasteiger partial charge in [-0.1, -0.05) is 231 Å². The highest BCUT2D eigenvalue weighted by Crippen LogP contribution is 2.17. The van der Waals surface area contributed by atoms with Crippen LogP contribution in [0.2, 0.25) is 0 Å². The number of unbranched alkanes of at least 4 members (excludes halogenated alkanes) is 31. The summed E-state index contributed by atoms with van der Waals surface area (Å²) < 4.78 is 5.85. The van der Waals surface area contributed by atoms with Gasteiger partial charge in [0.25, 0.3) is 0 Å². The van der Waals surface area contributed by atoms with Gasteiger partial charge in [-0.2, -0.15) is 0 Å². The Bertz CT molecular complexity index is 979. The van der Waals surface area contributed by atoms with Gasteiger partial charge in [0.1, 0.15) is 6.10 Å². The number of hydrogen-bond donors (Lipinski definition) is 2. The molecule has 0 saturated carbocycles. The van der Waals surface area contributed by atoms with Crippen LogP contribution in [0.1, 0.15) is 243 Å². The summed E-state index contributed by atoms with van der Waals surface area (Å²) in [6, 6.07) is 8.25. The minimum atomic E-state index is -0.723. The van der Waals surface area contributed by atoms with Gasteiger partial charge in [-0.25, -0.2) is 4.79 Å². The number of ether oxygens (including phenoxy) is 1. The van der Waals surface area contributed by atoms with Crippen molar-refractivity contribution < 1.29 is 19.4 Å². The number of nitrogens with one attached hydrogen (secondary N) is 1. The topological polar surface area (TPSA) is 75.6 Å². The average Bonchev–Trinajstić information content (AvgIpc) is 3.19. The summed E-state index contributed by atoms with van der Waals surface area (Å²) in [5.41, 5.74) is 0.462. The van der Waals surface area contributed by atoms with Crippen LogP contribution < -0.4 is 5.32 Å². The Labute approximate surface area is 334 Å². The zero-order chi connectivity index (χ0) is 39.0. The number of carbonyl (C=O) groups excluding carboxylic acids is 2. The maximum absolute atomic E-state index is 12.9. The summed E-state index contributed by atoms with van der Waals surface area (Å²) >= 11 is 0. The molecule has 2 N–H and O–H groups in total. The summed E-state index contributed by atoms with van der Waals surface area (Å²) in [5, 5.41) is 13.2. The molecule has 54 heavy (non-hydrogen) atoms. The standard InChI is InChI=1S/C49H87NO4/c1-3-5-7-9-11-13-15-17-18-19-20-21-22-23-24-26-28-30-32-34-39-43-48(52)50-46(44-51)47(54-49(53)45-40-36-35-37-41-45)42-38-33-31-29-27-25-16-14-12-10-8-6-4-2/h35-38,40-42,46-47,51H,3-34,39,43-44H2,1-2H3,(H,50,52)/b42-38+/t46-,47+/m0/s1. The fourth-order valence-corrected chi connectivity index (χ4v) is 7.41. The van der Waals surface area contributed by atoms with E-state index in [1.54, 1.807) is 24.3 Å². The van der Waals surface area contributed by atoms with Crippen LogP contribution in [0.25, 0.3) is 0 Å². The highest BCUT2D eigenvalue weighted by atomic mass is 16.5. The maximum atomic E-state index is 12.9. The normalized spacial score (nSPS) is 12.6. The number of carbonyl (C=O) groups is 2. The van der Waals surface area contributed by atoms with Crippen LogP contribution in [0.4, 0.5) is 0 Å². The first kappa shape index (κ1) is 49.9. The van der Waals surface area contributed by atoms with Crippen molar-refractivity contribution in [2.45, 2.75) is 244 Å². The molecule has 1 aromatic carbocycles. The van der Waals surface area contributed by atoms with Crippen LogP contribution in [-0.4, -0.2) is 35.7 Å². The van der Waals surface area contributed by atoms with Crippen LogP contribution in [0.15, 0.2) is 42.5 Å². The zero-order valence-electron chi connectivity index (χ0n) is 35.6. The van der Waals surface area contributed by atoms with Gasteiger partial charge in [0.15, 0.2) is 0 Å². The second-order valence-corrected chi connectivity index (χ2v) is 16.2. The van der Waals surface area contributed by atoms with Crippen molar-refractivity contribution in [1.82, 2.24) is 5.32 Å². The Balaban J connectivity index is 2.20. The molecule has 312 valence electrons. The molecule has 0 aliphatic rings. The third-order valence-electron chi connectivity index (χ3n) is 11.0. The largest absolute Gasteiger partial charge is 0.452 e. The molecule has 1 aromatic rings. The maximum Gasteiger partial charge on any atom is 0.338 e. The summed E-state index contributed by atoms with van der Waals surface area (Å²) in [6.45, 7) is 4.26. The van der Waals surface area contributed by atoms with E-state index < -0.39 is 18.1 Å². The van der Waals surface area contributed by atoms with Crippen LogP contribution in [0, 0.1) is 0 Å². The number of amides is 1. The Morgan fingerprint density at radius 1 is 0.556 bits per heavy atom. The van der Waals surface area contributed by atoms with E-state index >= 15 is 0 Å². The van der Waals surface area contributed by atoms with Gasteiger partial charge in [-0.05, 0) is 37.5 Å². The minimum absolute atomic E-state index is 0.0913. The monoisotopic (exact) mass is 754 g/mol. The molecule has 0 aliphatic heterocycles. The second kappa shape index (κ2) is 39.1. The van der Waals surface area contributed by atoms with Crippen LogP contribution in [-0.2, 0) is 9.53 Å². The molecule has 0 aromatic heterocycles. The molecule has 0 spiro atoms. The van der Waals surface area contributed by atoms with Crippen molar-refractivity contribution in [1.29, 1.82) is 0 Å². The zero-order valence-corrected chi connectivity index (χ0v) is 35.6. The lowest BCUT2D eigenvalue weighted by Crippen LogP contribution is -2.46. The Morgan fingerprint density at radius 2 is 0.926 bits per heavy atom. The number of aliphatic hydroxyl groups excluding tert-OH is 1. The van der Waals surface area contributed by atoms with E-state index in [9.17, 15) is 14.7 Å². The van der Waals surface area contributed by atoms with Crippen LogP contribution in [0.5, 0.6) is 0 Å². The Hall–Kier alpha value is -2.14. The third kappa shape index (κ3) is 31.1. The fourth-order valence-electron chi connectivity index (χ4n) is 7.41. The molecule has 0 aliphatic carbocycles. The highest BCUT2D eigenvalue weighted by molar-refractivity contribution is 5.89. The van der Waals surface area contributed by atoms with E-state index in [1.807, 2.05) is 18.2 Å². The molecule has 0 unspecified atom stereocenters.